The molecule has 0 aromatic rings. The fraction of sp³-hybridized carbons (Fsp3) is 0.750. The number of hydrogen-bond acceptors (Lipinski definition) is 5. The van der Waals surface area contributed by atoms with Gasteiger partial charge in [-0.3, -0.25) is 0 Å². The van der Waals surface area contributed by atoms with Crippen molar-refractivity contribution in [3.8, 4) is 0 Å². The van der Waals surface area contributed by atoms with Crippen LogP contribution in [0.2, 0.25) is 0 Å². The van der Waals surface area contributed by atoms with Gasteiger partial charge in [-0.1, -0.05) is 0 Å². The van der Waals surface area contributed by atoms with Crippen molar-refractivity contribution < 1.29 is 22.7 Å². The van der Waals surface area contributed by atoms with Gasteiger partial charge in [0.2, 0.25) is 10.0 Å². The topological polar surface area (TPSA) is 92.8 Å². The summed E-state index contributed by atoms with van der Waals surface area (Å²) in [5, 5.41) is 1.54. The number of urea groups is 1. The van der Waals surface area contributed by atoms with Gasteiger partial charge in [0.25, 0.3) is 0 Å². The van der Waals surface area contributed by atoms with E-state index < -0.39 is 33.3 Å². The number of nitrogens with zero attached hydrogens (tertiary/aromatic N) is 1. The minimum absolute atomic E-state index is 0.216. The SMILES string of the molecule is COC(=O)C1CN(S(=O)(=O)C(C)C)C(=O)N1. The highest BCUT2D eigenvalue weighted by molar-refractivity contribution is 7.90. The fourth-order valence-electron chi connectivity index (χ4n) is 1.27. The molecule has 8 heteroatoms. The Morgan fingerprint density at radius 2 is 2.12 bits per heavy atom. The zero-order valence-corrected chi connectivity index (χ0v) is 10.1. The van der Waals surface area contributed by atoms with Gasteiger partial charge in [-0.05, 0) is 13.8 Å². The molecule has 1 aliphatic heterocycles. The van der Waals surface area contributed by atoms with Crippen molar-refractivity contribution in [2.45, 2.75) is 25.1 Å². The summed E-state index contributed by atoms with van der Waals surface area (Å²) in [6.45, 7) is 2.72. The molecule has 0 saturated carbocycles. The molecule has 1 rings (SSSR count). The Kier molecular flexibility index (Phi) is 3.41. The molecule has 1 unspecified atom stereocenters. The van der Waals surface area contributed by atoms with Crippen LogP contribution in [0.5, 0.6) is 0 Å². The van der Waals surface area contributed by atoms with E-state index in [2.05, 4.69) is 10.1 Å². The van der Waals surface area contributed by atoms with E-state index >= 15 is 0 Å². The van der Waals surface area contributed by atoms with Crippen LogP contribution in [0.25, 0.3) is 0 Å². The molecule has 16 heavy (non-hydrogen) atoms. The Hall–Kier alpha value is -1.31. The fourth-order valence-corrected chi connectivity index (χ4v) is 2.41. The average Bonchev–Trinajstić information content (AvgIpc) is 2.59. The van der Waals surface area contributed by atoms with Crippen LogP contribution in [0.4, 0.5) is 4.79 Å². The molecule has 0 radical (unpaired) electrons. The van der Waals surface area contributed by atoms with Gasteiger partial charge >= 0.3 is 12.0 Å². The maximum Gasteiger partial charge on any atom is 0.331 e. The molecule has 1 heterocycles. The van der Waals surface area contributed by atoms with Crippen molar-refractivity contribution in [1.82, 2.24) is 9.62 Å². The van der Waals surface area contributed by atoms with E-state index in [4.69, 9.17) is 0 Å². The number of esters is 1. The number of rotatable bonds is 3. The van der Waals surface area contributed by atoms with E-state index in [-0.39, 0.29) is 6.54 Å². The number of nitrogens with one attached hydrogen (secondary N) is 1. The zero-order chi connectivity index (χ0) is 12.5. The first kappa shape index (κ1) is 12.8. The van der Waals surface area contributed by atoms with Crippen molar-refractivity contribution in [3.05, 3.63) is 0 Å². The molecule has 7 nitrogen and oxygen atoms in total. The summed E-state index contributed by atoms with van der Waals surface area (Å²) in [6, 6.07) is -1.71. The molecule has 1 saturated heterocycles. The van der Waals surface area contributed by atoms with Gasteiger partial charge in [-0.2, -0.15) is 0 Å². The lowest BCUT2D eigenvalue weighted by atomic mass is 10.3. The van der Waals surface area contributed by atoms with E-state index in [9.17, 15) is 18.0 Å². The minimum Gasteiger partial charge on any atom is -0.467 e. The lowest BCUT2D eigenvalue weighted by molar-refractivity contribution is -0.142. The number of carbonyl (C=O) groups excluding carboxylic acids is 2. The van der Waals surface area contributed by atoms with Crippen LogP contribution in [-0.4, -0.2) is 49.7 Å². The number of carbonyl (C=O) groups is 2. The number of hydrogen-bond donors (Lipinski definition) is 1. The van der Waals surface area contributed by atoms with Crippen molar-refractivity contribution in [3.63, 3.8) is 0 Å². The second-order valence-corrected chi connectivity index (χ2v) is 6.06. The highest BCUT2D eigenvalue weighted by Gasteiger charge is 2.41. The van der Waals surface area contributed by atoms with E-state index in [1.165, 1.54) is 21.0 Å². The zero-order valence-electron chi connectivity index (χ0n) is 9.26. The molecule has 1 N–H and O–H groups in total. The first-order chi connectivity index (χ1) is 7.30. The van der Waals surface area contributed by atoms with E-state index in [0.29, 0.717) is 4.31 Å². The first-order valence-electron chi connectivity index (χ1n) is 4.70. The van der Waals surface area contributed by atoms with Crippen LogP contribution < -0.4 is 5.32 Å². The van der Waals surface area contributed by atoms with Gasteiger partial charge < -0.3 is 10.1 Å². The minimum atomic E-state index is -3.69. The molecule has 1 atom stereocenters. The van der Waals surface area contributed by atoms with Gasteiger partial charge in [-0.15, -0.1) is 0 Å². The molecule has 0 aromatic carbocycles. The van der Waals surface area contributed by atoms with Crippen LogP contribution in [0, 0.1) is 0 Å². The Bertz CT molecular complexity index is 403. The van der Waals surface area contributed by atoms with Crippen LogP contribution in [0.3, 0.4) is 0 Å². The third-order valence-corrected chi connectivity index (χ3v) is 4.38. The van der Waals surface area contributed by atoms with E-state index in [1.807, 2.05) is 0 Å². The van der Waals surface area contributed by atoms with Crippen molar-refractivity contribution in [2.75, 3.05) is 13.7 Å². The Morgan fingerprint density at radius 1 is 1.56 bits per heavy atom. The third-order valence-electron chi connectivity index (χ3n) is 2.26. The summed E-state index contributed by atoms with van der Waals surface area (Å²) in [5.74, 6) is -0.658. The normalized spacial score (nSPS) is 21.1. The molecule has 92 valence electrons. The predicted octanol–water partition coefficient (Wildman–Crippen LogP) is -0.709. The van der Waals surface area contributed by atoms with Gasteiger partial charge in [0, 0.05) is 0 Å². The Labute approximate surface area is 93.8 Å². The molecular weight excluding hydrogens is 236 g/mol. The van der Waals surface area contributed by atoms with Gasteiger partial charge in [-0.25, -0.2) is 22.3 Å². The molecule has 0 spiro atoms. The lowest BCUT2D eigenvalue weighted by Crippen LogP contribution is -2.38. The summed E-state index contributed by atoms with van der Waals surface area (Å²) in [7, 11) is -2.51. The Morgan fingerprint density at radius 3 is 2.56 bits per heavy atom. The van der Waals surface area contributed by atoms with Crippen LogP contribution in [0.15, 0.2) is 0 Å². The number of sulfonamides is 1. The smallest absolute Gasteiger partial charge is 0.331 e. The number of methoxy groups -OCH3 is 1. The maximum absolute atomic E-state index is 11.7. The van der Waals surface area contributed by atoms with Crippen LogP contribution >= 0.6 is 0 Å². The van der Waals surface area contributed by atoms with E-state index in [0.717, 1.165) is 0 Å². The highest BCUT2D eigenvalue weighted by atomic mass is 32.2. The second-order valence-electron chi connectivity index (χ2n) is 3.65. The highest BCUT2D eigenvalue weighted by Crippen LogP contribution is 2.15. The van der Waals surface area contributed by atoms with Crippen molar-refractivity contribution in [2.24, 2.45) is 0 Å². The average molecular weight is 250 g/mol. The molecule has 1 aliphatic rings. The molecule has 2 amide bonds. The monoisotopic (exact) mass is 250 g/mol. The molecule has 0 bridgehead atoms. The molecule has 1 fully saturated rings. The van der Waals surface area contributed by atoms with Crippen molar-refractivity contribution >= 4 is 22.0 Å². The summed E-state index contributed by atoms with van der Waals surface area (Å²) < 4.78 is 28.5. The quantitative estimate of drug-likeness (QED) is 0.668. The van der Waals surface area contributed by atoms with Gasteiger partial charge in [0.1, 0.15) is 6.04 Å². The Balaban J connectivity index is 2.88. The summed E-state index contributed by atoms with van der Waals surface area (Å²) >= 11 is 0. The summed E-state index contributed by atoms with van der Waals surface area (Å²) in [5.41, 5.74) is 0. The second kappa shape index (κ2) is 4.28. The van der Waals surface area contributed by atoms with Gasteiger partial charge in [0.15, 0.2) is 0 Å². The van der Waals surface area contributed by atoms with Crippen LogP contribution in [-0.2, 0) is 19.6 Å². The molecule has 0 aliphatic carbocycles. The maximum atomic E-state index is 11.7. The number of amides is 2. The molecular formula is C8H14N2O5S. The largest absolute Gasteiger partial charge is 0.467 e. The molecule has 0 aromatic heterocycles. The lowest BCUT2D eigenvalue weighted by Gasteiger charge is -2.17. The van der Waals surface area contributed by atoms with E-state index in [1.54, 1.807) is 0 Å². The first-order valence-corrected chi connectivity index (χ1v) is 6.21. The van der Waals surface area contributed by atoms with Gasteiger partial charge in [0.05, 0.1) is 18.9 Å². The third kappa shape index (κ3) is 2.11. The predicted molar refractivity (Wildman–Crippen MR) is 55.1 cm³/mol. The van der Waals surface area contributed by atoms with Crippen LogP contribution in [0.1, 0.15) is 13.8 Å². The standard InChI is InChI=1S/C8H14N2O5S/c1-5(2)16(13,14)10-4-6(7(11)15-3)9-8(10)12/h5-6H,4H2,1-3H3,(H,9,12). The summed E-state index contributed by atoms with van der Waals surface area (Å²) in [6.07, 6.45) is 0. The van der Waals surface area contributed by atoms with Crippen molar-refractivity contribution in [1.29, 1.82) is 0 Å². The summed E-state index contributed by atoms with van der Waals surface area (Å²) in [4.78, 5) is 22.5. The number of ether oxygens (including phenoxy) is 1.